The van der Waals surface area contributed by atoms with E-state index in [0.717, 1.165) is 31.0 Å². The standard InChI is InChI=1S/C20H32N4O2/c1-4-21-20(24-12-17(25)14-26-13-15(2)3)22-10-9-16-11-23-19-8-6-5-7-18(16)19/h5-8,11,15,17,23,25H,4,9-10,12-14H2,1-3H3,(H2,21,22,24). The van der Waals surface area contributed by atoms with E-state index in [1.54, 1.807) is 0 Å². The average molecular weight is 361 g/mol. The molecule has 1 aromatic heterocycles. The number of nitrogens with one attached hydrogen (secondary N) is 3. The molecule has 6 heteroatoms. The molecule has 0 saturated carbocycles. The van der Waals surface area contributed by atoms with Crippen molar-refractivity contribution in [2.24, 2.45) is 10.9 Å². The third-order valence-electron chi connectivity index (χ3n) is 3.93. The summed E-state index contributed by atoms with van der Waals surface area (Å²) in [4.78, 5) is 7.75. The highest BCUT2D eigenvalue weighted by Gasteiger charge is 2.06. The quantitative estimate of drug-likeness (QED) is 0.387. The third kappa shape index (κ3) is 6.69. The second kappa shape index (κ2) is 10.8. The molecule has 0 aliphatic rings. The summed E-state index contributed by atoms with van der Waals surface area (Å²) in [6.07, 6.45) is 2.37. The maximum absolute atomic E-state index is 9.98. The lowest BCUT2D eigenvalue weighted by atomic mass is 10.1. The Morgan fingerprint density at radius 1 is 1.23 bits per heavy atom. The number of aromatic nitrogens is 1. The normalized spacial score (nSPS) is 13.3. The molecule has 0 aliphatic carbocycles. The number of hydrogen-bond acceptors (Lipinski definition) is 3. The van der Waals surface area contributed by atoms with Crippen molar-refractivity contribution in [1.29, 1.82) is 0 Å². The molecule has 1 heterocycles. The van der Waals surface area contributed by atoms with Crippen LogP contribution >= 0.6 is 0 Å². The molecule has 0 amide bonds. The largest absolute Gasteiger partial charge is 0.389 e. The Kier molecular flexibility index (Phi) is 8.44. The number of benzene rings is 1. The van der Waals surface area contributed by atoms with Crippen LogP contribution in [0.2, 0.25) is 0 Å². The van der Waals surface area contributed by atoms with Crippen molar-refractivity contribution in [2.45, 2.75) is 33.3 Å². The monoisotopic (exact) mass is 360 g/mol. The third-order valence-corrected chi connectivity index (χ3v) is 3.93. The molecule has 0 saturated heterocycles. The minimum atomic E-state index is -0.585. The maximum Gasteiger partial charge on any atom is 0.191 e. The summed E-state index contributed by atoms with van der Waals surface area (Å²) in [6.45, 7) is 9.04. The van der Waals surface area contributed by atoms with Crippen LogP contribution in [0.15, 0.2) is 35.5 Å². The first-order valence-electron chi connectivity index (χ1n) is 9.43. The van der Waals surface area contributed by atoms with E-state index in [1.165, 1.54) is 10.9 Å². The second-order valence-electron chi connectivity index (χ2n) is 6.84. The van der Waals surface area contributed by atoms with Gasteiger partial charge >= 0.3 is 0 Å². The topological polar surface area (TPSA) is 81.7 Å². The average Bonchev–Trinajstić information content (AvgIpc) is 3.03. The van der Waals surface area contributed by atoms with Gasteiger partial charge in [0.2, 0.25) is 0 Å². The number of aromatic amines is 1. The number of hydrogen-bond donors (Lipinski definition) is 4. The van der Waals surface area contributed by atoms with Gasteiger partial charge in [-0.15, -0.1) is 0 Å². The van der Waals surface area contributed by atoms with Crippen molar-refractivity contribution in [3.8, 4) is 0 Å². The van der Waals surface area contributed by atoms with Crippen LogP contribution in [0.5, 0.6) is 0 Å². The number of guanidine groups is 1. The number of rotatable bonds is 10. The Morgan fingerprint density at radius 3 is 2.81 bits per heavy atom. The van der Waals surface area contributed by atoms with Gasteiger partial charge < -0.3 is 25.5 Å². The molecule has 144 valence electrons. The fraction of sp³-hybridized carbons (Fsp3) is 0.550. The molecule has 0 fully saturated rings. The van der Waals surface area contributed by atoms with E-state index in [9.17, 15) is 5.11 Å². The van der Waals surface area contributed by atoms with Gasteiger partial charge in [0.25, 0.3) is 0 Å². The molecule has 0 radical (unpaired) electrons. The fourth-order valence-corrected chi connectivity index (χ4v) is 2.68. The fourth-order valence-electron chi connectivity index (χ4n) is 2.68. The molecule has 1 aromatic carbocycles. The number of aliphatic imine (C=N–C) groups is 1. The van der Waals surface area contributed by atoms with E-state index in [-0.39, 0.29) is 0 Å². The van der Waals surface area contributed by atoms with Crippen molar-refractivity contribution >= 4 is 16.9 Å². The van der Waals surface area contributed by atoms with E-state index < -0.39 is 6.10 Å². The smallest absolute Gasteiger partial charge is 0.191 e. The summed E-state index contributed by atoms with van der Waals surface area (Å²) in [6, 6.07) is 8.31. The molecule has 1 atom stereocenters. The Morgan fingerprint density at radius 2 is 2.04 bits per heavy atom. The summed E-state index contributed by atoms with van der Waals surface area (Å²) in [5.41, 5.74) is 2.44. The zero-order valence-electron chi connectivity index (χ0n) is 16.1. The van der Waals surface area contributed by atoms with E-state index >= 15 is 0 Å². The highest BCUT2D eigenvalue weighted by molar-refractivity contribution is 5.83. The highest BCUT2D eigenvalue weighted by atomic mass is 16.5. The molecular formula is C20H32N4O2. The van der Waals surface area contributed by atoms with Crippen molar-refractivity contribution < 1.29 is 9.84 Å². The number of H-pyrrole nitrogens is 1. The number of aliphatic hydroxyl groups excluding tert-OH is 1. The van der Waals surface area contributed by atoms with E-state index in [1.807, 2.05) is 13.0 Å². The van der Waals surface area contributed by atoms with Crippen molar-refractivity contribution in [3.63, 3.8) is 0 Å². The predicted octanol–water partition coefficient (Wildman–Crippen LogP) is 2.30. The lowest BCUT2D eigenvalue weighted by molar-refractivity contribution is 0.0301. The SMILES string of the molecule is CCNC(=NCC(O)COCC(C)C)NCCc1c[nH]c2ccccc12. The summed E-state index contributed by atoms with van der Waals surface area (Å²) < 4.78 is 5.46. The highest BCUT2D eigenvalue weighted by Crippen LogP contribution is 2.17. The number of para-hydroxylation sites is 1. The first-order chi connectivity index (χ1) is 12.6. The van der Waals surface area contributed by atoms with Gasteiger partial charge in [-0.3, -0.25) is 4.99 Å². The van der Waals surface area contributed by atoms with E-state index in [0.29, 0.717) is 25.7 Å². The van der Waals surface area contributed by atoms with Gasteiger partial charge in [0, 0.05) is 36.8 Å². The molecule has 6 nitrogen and oxygen atoms in total. The van der Waals surface area contributed by atoms with Gasteiger partial charge in [0.1, 0.15) is 0 Å². The van der Waals surface area contributed by atoms with E-state index in [2.05, 4.69) is 58.9 Å². The summed E-state index contributed by atoms with van der Waals surface area (Å²) in [5.74, 6) is 1.18. The van der Waals surface area contributed by atoms with Crippen LogP contribution in [-0.4, -0.2) is 55.0 Å². The summed E-state index contributed by atoms with van der Waals surface area (Å²) in [5, 5.41) is 17.8. The molecule has 0 spiro atoms. The van der Waals surface area contributed by atoms with Crippen LogP contribution < -0.4 is 10.6 Å². The lowest BCUT2D eigenvalue weighted by Gasteiger charge is -2.14. The van der Waals surface area contributed by atoms with Gasteiger partial charge in [-0.2, -0.15) is 0 Å². The van der Waals surface area contributed by atoms with E-state index in [4.69, 9.17) is 4.74 Å². The molecule has 2 rings (SSSR count). The number of fused-ring (bicyclic) bond motifs is 1. The Bertz CT molecular complexity index is 681. The van der Waals surface area contributed by atoms with Crippen molar-refractivity contribution in [3.05, 3.63) is 36.0 Å². The number of ether oxygens (including phenoxy) is 1. The molecular weight excluding hydrogens is 328 g/mol. The van der Waals surface area contributed by atoms with Crippen LogP contribution in [0.3, 0.4) is 0 Å². The van der Waals surface area contributed by atoms with Crippen LogP contribution in [0, 0.1) is 5.92 Å². The van der Waals surface area contributed by atoms with Gasteiger partial charge in [-0.05, 0) is 30.9 Å². The summed E-state index contributed by atoms with van der Waals surface area (Å²) >= 11 is 0. The Balaban J connectivity index is 1.79. The maximum atomic E-state index is 9.98. The molecule has 2 aromatic rings. The molecule has 1 unspecified atom stereocenters. The van der Waals surface area contributed by atoms with Crippen LogP contribution in [0.25, 0.3) is 10.9 Å². The Labute approximate surface area is 156 Å². The molecule has 4 N–H and O–H groups in total. The van der Waals surface area contributed by atoms with Crippen LogP contribution in [0.1, 0.15) is 26.3 Å². The van der Waals surface area contributed by atoms with Crippen LogP contribution in [-0.2, 0) is 11.2 Å². The minimum Gasteiger partial charge on any atom is -0.389 e. The van der Waals surface area contributed by atoms with Gasteiger partial charge in [0.15, 0.2) is 5.96 Å². The van der Waals surface area contributed by atoms with Crippen LogP contribution in [0.4, 0.5) is 0 Å². The molecule has 0 aliphatic heterocycles. The first-order valence-corrected chi connectivity index (χ1v) is 9.43. The van der Waals surface area contributed by atoms with Gasteiger partial charge in [-0.25, -0.2) is 0 Å². The molecule has 0 bridgehead atoms. The second-order valence-corrected chi connectivity index (χ2v) is 6.84. The Hall–Kier alpha value is -2.05. The van der Waals surface area contributed by atoms with Gasteiger partial charge in [-0.1, -0.05) is 32.0 Å². The number of aliphatic hydroxyl groups is 1. The minimum absolute atomic E-state index is 0.316. The zero-order chi connectivity index (χ0) is 18.8. The van der Waals surface area contributed by atoms with Crippen molar-refractivity contribution in [2.75, 3.05) is 32.8 Å². The number of nitrogens with zero attached hydrogens (tertiary/aromatic N) is 1. The summed E-state index contributed by atoms with van der Waals surface area (Å²) in [7, 11) is 0. The predicted molar refractivity (Wildman–Crippen MR) is 108 cm³/mol. The lowest BCUT2D eigenvalue weighted by Crippen LogP contribution is -2.39. The van der Waals surface area contributed by atoms with Gasteiger partial charge in [0.05, 0.1) is 19.3 Å². The molecule has 26 heavy (non-hydrogen) atoms. The zero-order valence-corrected chi connectivity index (χ0v) is 16.1. The first kappa shape index (κ1) is 20.3. The van der Waals surface area contributed by atoms with Crippen molar-refractivity contribution in [1.82, 2.24) is 15.6 Å².